The first kappa shape index (κ1) is 21.7. The van der Waals surface area contributed by atoms with Crippen molar-refractivity contribution in [1.29, 1.82) is 0 Å². The number of carbonyl (C=O) groups is 1. The molecule has 3 aromatic rings. The van der Waals surface area contributed by atoms with Gasteiger partial charge in [0.25, 0.3) is 5.91 Å². The summed E-state index contributed by atoms with van der Waals surface area (Å²) in [4.78, 5) is 32.6. The van der Waals surface area contributed by atoms with Crippen LogP contribution in [-0.2, 0) is 0 Å². The van der Waals surface area contributed by atoms with Crippen LogP contribution >= 0.6 is 35.0 Å². The zero-order chi connectivity index (χ0) is 22.1. The number of nitrogens with zero attached hydrogens (tertiary/aromatic N) is 4. The van der Waals surface area contributed by atoms with Crippen LogP contribution in [0.4, 0.5) is 11.4 Å². The number of carbonyl (C=O) groups excluding carboxylic acids is 1. The molecule has 0 bridgehead atoms. The number of rotatable bonds is 5. The average molecular weight is 486 g/mol. The van der Waals surface area contributed by atoms with E-state index in [1.165, 1.54) is 0 Å². The number of hydrogen-bond acceptors (Lipinski definition) is 6. The van der Waals surface area contributed by atoms with Gasteiger partial charge in [-0.1, -0.05) is 23.2 Å². The Morgan fingerprint density at radius 1 is 1.23 bits per heavy atom. The zero-order valence-electron chi connectivity index (χ0n) is 16.4. The average Bonchev–Trinajstić information content (AvgIpc) is 3.32. The molecule has 4 N–H and O–H groups in total. The molecule has 1 saturated heterocycles. The third kappa shape index (κ3) is 4.29. The second-order valence-corrected chi connectivity index (χ2v) is 8.17. The smallest absolute Gasteiger partial charge is 0.365 e. The first-order chi connectivity index (χ1) is 14.9. The van der Waals surface area contributed by atoms with E-state index in [9.17, 15) is 9.59 Å². The summed E-state index contributed by atoms with van der Waals surface area (Å²) in [5.41, 5.74) is 2.13. The number of aromatic amines is 2. The summed E-state index contributed by atoms with van der Waals surface area (Å²) in [5.74, 6) is -0.426. The number of hydrogen-bond donors (Lipinski definition) is 4. The molecule has 0 radical (unpaired) electrons. The molecule has 0 atom stereocenters. The highest BCUT2D eigenvalue weighted by atomic mass is 35.5. The maximum absolute atomic E-state index is 12.9. The predicted molar refractivity (Wildman–Crippen MR) is 120 cm³/mol. The van der Waals surface area contributed by atoms with Crippen LogP contribution < -0.4 is 20.7 Å². The molecule has 1 amide bonds. The number of tetrazole rings is 1. The van der Waals surface area contributed by atoms with Crippen molar-refractivity contribution < 1.29 is 4.79 Å². The van der Waals surface area contributed by atoms with Gasteiger partial charge in [0.05, 0.1) is 27.1 Å². The molecule has 1 aliphatic rings. The molecule has 0 spiro atoms. The molecular weight excluding hydrogens is 467 g/mol. The maximum atomic E-state index is 12.9. The molecule has 1 aromatic carbocycles. The SMILES string of the molecule is Cc1[nH]c(C(=O)Nc2ccc(-n3nn[nH]c3=O)cc2N2CCC(NCl)CC2)c(Cl)c1Cl. The van der Waals surface area contributed by atoms with E-state index in [0.29, 0.717) is 35.2 Å². The Labute approximate surface area is 191 Å². The highest BCUT2D eigenvalue weighted by Crippen LogP contribution is 2.33. The Bertz CT molecular complexity index is 1160. The minimum atomic E-state index is -0.462. The van der Waals surface area contributed by atoms with Crippen molar-refractivity contribution in [2.24, 2.45) is 0 Å². The fourth-order valence-electron chi connectivity index (χ4n) is 3.53. The largest absolute Gasteiger partial charge is 0.370 e. The quantitative estimate of drug-likeness (QED) is 0.412. The summed E-state index contributed by atoms with van der Waals surface area (Å²) in [6.07, 6.45) is 1.64. The van der Waals surface area contributed by atoms with Gasteiger partial charge in [-0.2, -0.15) is 4.68 Å². The van der Waals surface area contributed by atoms with Gasteiger partial charge in [0.15, 0.2) is 0 Å². The third-order valence-corrected chi connectivity index (χ3v) is 6.47. The molecule has 3 heterocycles. The van der Waals surface area contributed by atoms with Gasteiger partial charge in [-0.05, 0) is 60.2 Å². The summed E-state index contributed by atoms with van der Waals surface area (Å²) in [7, 11) is 0. The van der Waals surface area contributed by atoms with E-state index in [1.54, 1.807) is 25.1 Å². The highest BCUT2D eigenvalue weighted by molar-refractivity contribution is 6.44. The summed E-state index contributed by atoms with van der Waals surface area (Å²) < 4.78 is 1.15. The van der Waals surface area contributed by atoms with Crippen molar-refractivity contribution in [2.75, 3.05) is 23.3 Å². The number of H-pyrrole nitrogens is 2. The molecule has 1 fully saturated rings. The number of halogens is 3. The molecule has 0 unspecified atom stereocenters. The number of benzene rings is 1. The summed E-state index contributed by atoms with van der Waals surface area (Å²) >= 11 is 18.1. The lowest BCUT2D eigenvalue weighted by Gasteiger charge is -2.34. The van der Waals surface area contributed by atoms with Gasteiger partial charge in [-0.25, -0.2) is 14.7 Å². The standard InChI is InChI=1S/C18H19Cl3N8O2/c1-9-14(19)15(20)16(22-9)17(30)23-12-3-2-11(29-18(31)25-26-27-29)8-13(12)28-6-4-10(24-21)5-7-28/h2-3,8,10,22,24H,4-7H2,1H3,(H,23,30)(H,25,27,31). The molecule has 13 heteroatoms. The van der Waals surface area contributed by atoms with Crippen LogP contribution in [0.15, 0.2) is 23.0 Å². The van der Waals surface area contributed by atoms with Gasteiger partial charge < -0.3 is 15.2 Å². The lowest BCUT2D eigenvalue weighted by molar-refractivity contribution is 0.102. The molecule has 0 aliphatic carbocycles. The van der Waals surface area contributed by atoms with E-state index in [2.05, 4.69) is 35.6 Å². The molecule has 10 nitrogen and oxygen atoms in total. The summed E-state index contributed by atoms with van der Waals surface area (Å²) in [6, 6.07) is 5.37. The van der Waals surface area contributed by atoms with Crippen LogP contribution in [0.3, 0.4) is 0 Å². The van der Waals surface area contributed by atoms with Crippen molar-refractivity contribution >= 4 is 52.3 Å². The van der Waals surface area contributed by atoms with Gasteiger partial charge >= 0.3 is 5.69 Å². The number of anilines is 2. The maximum Gasteiger partial charge on any atom is 0.365 e. The van der Waals surface area contributed by atoms with E-state index in [4.69, 9.17) is 35.0 Å². The second kappa shape index (κ2) is 8.91. The first-order valence-electron chi connectivity index (χ1n) is 9.50. The Morgan fingerprint density at radius 2 is 1.97 bits per heavy atom. The third-order valence-electron chi connectivity index (χ3n) is 5.22. The molecule has 4 rings (SSSR count). The van der Waals surface area contributed by atoms with Crippen LogP contribution in [0.5, 0.6) is 0 Å². The molecule has 164 valence electrons. The minimum Gasteiger partial charge on any atom is -0.370 e. The Morgan fingerprint density at radius 3 is 2.55 bits per heavy atom. The van der Waals surface area contributed by atoms with Crippen LogP contribution in [-0.4, -0.2) is 50.2 Å². The van der Waals surface area contributed by atoms with Crippen molar-refractivity contribution in [3.8, 4) is 5.69 Å². The van der Waals surface area contributed by atoms with E-state index in [0.717, 1.165) is 23.2 Å². The summed E-state index contributed by atoms with van der Waals surface area (Å²) in [5, 5.41) is 13.0. The lowest BCUT2D eigenvalue weighted by atomic mass is 10.0. The van der Waals surface area contributed by atoms with Crippen molar-refractivity contribution in [1.82, 2.24) is 30.0 Å². The van der Waals surface area contributed by atoms with Crippen LogP contribution in [0.25, 0.3) is 5.69 Å². The Hall–Kier alpha value is -2.53. The van der Waals surface area contributed by atoms with Crippen molar-refractivity contribution in [3.63, 3.8) is 0 Å². The monoisotopic (exact) mass is 484 g/mol. The topological polar surface area (TPSA) is 124 Å². The predicted octanol–water partition coefficient (Wildman–Crippen LogP) is 2.86. The van der Waals surface area contributed by atoms with E-state index < -0.39 is 11.6 Å². The number of nitrogens with one attached hydrogen (secondary N) is 4. The highest BCUT2D eigenvalue weighted by Gasteiger charge is 2.24. The van der Waals surface area contributed by atoms with Gasteiger partial charge in [0.1, 0.15) is 5.69 Å². The first-order valence-corrected chi connectivity index (χ1v) is 10.6. The van der Waals surface area contributed by atoms with E-state index in [1.807, 2.05) is 0 Å². The van der Waals surface area contributed by atoms with Crippen LogP contribution in [0.2, 0.25) is 10.0 Å². The minimum absolute atomic E-state index is 0.165. The number of aromatic nitrogens is 5. The molecule has 1 aliphatic heterocycles. The van der Waals surface area contributed by atoms with Gasteiger partial charge in [-0.15, -0.1) is 0 Å². The fourth-order valence-corrected chi connectivity index (χ4v) is 4.16. The Kier molecular flexibility index (Phi) is 6.24. The lowest BCUT2D eigenvalue weighted by Crippen LogP contribution is -2.40. The zero-order valence-corrected chi connectivity index (χ0v) is 18.6. The van der Waals surface area contributed by atoms with Crippen molar-refractivity contribution in [2.45, 2.75) is 25.8 Å². The molecular formula is C18H19Cl3N8O2. The van der Waals surface area contributed by atoms with Crippen LogP contribution in [0, 0.1) is 6.92 Å². The van der Waals surface area contributed by atoms with Gasteiger partial charge in [0, 0.05) is 24.8 Å². The fraction of sp³-hybridized carbons (Fsp3) is 0.333. The van der Waals surface area contributed by atoms with Crippen LogP contribution in [0.1, 0.15) is 29.0 Å². The van der Waals surface area contributed by atoms with E-state index >= 15 is 0 Å². The van der Waals surface area contributed by atoms with Gasteiger partial charge in [-0.3, -0.25) is 4.79 Å². The number of aryl methyl sites for hydroxylation is 1. The molecule has 2 aromatic heterocycles. The number of amides is 1. The summed E-state index contributed by atoms with van der Waals surface area (Å²) in [6.45, 7) is 3.15. The van der Waals surface area contributed by atoms with E-state index in [-0.39, 0.29) is 16.8 Å². The van der Waals surface area contributed by atoms with Gasteiger partial charge in [0.2, 0.25) is 0 Å². The Balaban J connectivity index is 1.69. The number of piperidine rings is 1. The van der Waals surface area contributed by atoms with Crippen molar-refractivity contribution in [3.05, 3.63) is 50.1 Å². The molecule has 31 heavy (non-hydrogen) atoms. The normalized spacial score (nSPS) is 14.8. The molecule has 0 saturated carbocycles. The second-order valence-electron chi connectivity index (χ2n) is 7.20.